The van der Waals surface area contributed by atoms with Gasteiger partial charge in [-0.05, 0) is 61.4 Å². The van der Waals surface area contributed by atoms with Gasteiger partial charge in [-0.3, -0.25) is 19.1 Å². The SMILES string of the molecule is CCCCn1c(N2CCC(C)CC2)c(/C=C2/SC(=S)N(Cc3ccc(F)cc3)C2=O)c(C)c(C#N)c1=O. The molecule has 2 fully saturated rings. The number of benzene rings is 1. The summed E-state index contributed by atoms with van der Waals surface area (Å²) in [7, 11) is 0. The number of anilines is 1. The van der Waals surface area contributed by atoms with Crippen LogP contribution >= 0.6 is 24.0 Å². The molecule has 0 saturated carbocycles. The number of halogens is 1. The van der Waals surface area contributed by atoms with Crippen molar-refractivity contribution in [1.29, 1.82) is 5.26 Å². The maximum Gasteiger partial charge on any atom is 0.270 e. The first-order valence-corrected chi connectivity index (χ1v) is 13.9. The number of hydrogen-bond acceptors (Lipinski definition) is 6. The summed E-state index contributed by atoms with van der Waals surface area (Å²) in [5.74, 6) is 0.820. The molecule has 37 heavy (non-hydrogen) atoms. The van der Waals surface area contributed by atoms with E-state index >= 15 is 0 Å². The summed E-state index contributed by atoms with van der Waals surface area (Å²) in [4.78, 5) is 31.0. The van der Waals surface area contributed by atoms with Gasteiger partial charge in [-0.15, -0.1) is 0 Å². The predicted molar refractivity (Wildman–Crippen MR) is 151 cm³/mol. The van der Waals surface area contributed by atoms with E-state index in [0.29, 0.717) is 27.3 Å². The highest BCUT2D eigenvalue weighted by Crippen LogP contribution is 2.37. The summed E-state index contributed by atoms with van der Waals surface area (Å²) < 4.78 is 15.5. The second-order valence-corrected chi connectivity index (χ2v) is 11.4. The van der Waals surface area contributed by atoms with Gasteiger partial charge in [0.25, 0.3) is 11.5 Å². The molecule has 0 radical (unpaired) electrons. The van der Waals surface area contributed by atoms with Crippen molar-refractivity contribution in [1.82, 2.24) is 9.47 Å². The van der Waals surface area contributed by atoms with Crippen LogP contribution in [0.2, 0.25) is 0 Å². The van der Waals surface area contributed by atoms with Gasteiger partial charge in [0.05, 0.1) is 11.4 Å². The molecule has 0 spiro atoms. The predicted octanol–water partition coefficient (Wildman–Crippen LogP) is 5.61. The van der Waals surface area contributed by atoms with Crippen LogP contribution in [-0.4, -0.2) is 32.8 Å². The van der Waals surface area contributed by atoms with Gasteiger partial charge in [-0.1, -0.05) is 56.4 Å². The zero-order chi connectivity index (χ0) is 26.7. The minimum Gasteiger partial charge on any atom is -0.357 e. The van der Waals surface area contributed by atoms with Gasteiger partial charge < -0.3 is 4.90 Å². The summed E-state index contributed by atoms with van der Waals surface area (Å²) in [6, 6.07) is 8.11. The molecule has 4 rings (SSSR count). The lowest BCUT2D eigenvalue weighted by atomic mass is 9.97. The third-order valence-electron chi connectivity index (χ3n) is 7.07. The third-order valence-corrected chi connectivity index (χ3v) is 8.45. The van der Waals surface area contributed by atoms with Crippen molar-refractivity contribution in [2.24, 2.45) is 5.92 Å². The van der Waals surface area contributed by atoms with Crippen LogP contribution in [0.4, 0.5) is 10.2 Å². The number of piperidine rings is 1. The van der Waals surface area contributed by atoms with Crippen LogP contribution in [-0.2, 0) is 17.9 Å². The Labute approximate surface area is 226 Å². The molecule has 3 heterocycles. The fourth-order valence-corrected chi connectivity index (χ4v) is 6.01. The molecule has 1 aromatic heterocycles. The monoisotopic (exact) mass is 538 g/mol. The highest BCUT2D eigenvalue weighted by atomic mass is 32.2. The minimum absolute atomic E-state index is 0.110. The molecular formula is C28H31FN4O2S2. The molecule has 1 amide bonds. The van der Waals surface area contributed by atoms with Crippen molar-refractivity contribution in [3.8, 4) is 6.07 Å². The second-order valence-electron chi connectivity index (χ2n) is 9.72. The highest BCUT2D eigenvalue weighted by molar-refractivity contribution is 8.26. The lowest BCUT2D eigenvalue weighted by Gasteiger charge is -2.35. The number of thioether (sulfide) groups is 1. The van der Waals surface area contributed by atoms with Crippen LogP contribution in [0.3, 0.4) is 0 Å². The molecule has 2 aliphatic rings. The van der Waals surface area contributed by atoms with E-state index in [4.69, 9.17) is 12.2 Å². The number of hydrogen-bond donors (Lipinski definition) is 0. The number of nitrogens with zero attached hydrogens (tertiary/aromatic N) is 4. The number of pyridine rings is 1. The van der Waals surface area contributed by atoms with Gasteiger partial charge in [0.1, 0.15) is 27.6 Å². The Hall–Kier alpha value is -2.96. The molecule has 0 unspecified atom stereocenters. The molecule has 0 N–H and O–H groups in total. The molecule has 2 saturated heterocycles. The summed E-state index contributed by atoms with van der Waals surface area (Å²) in [6.45, 7) is 8.47. The van der Waals surface area contributed by atoms with E-state index in [1.807, 2.05) is 0 Å². The maximum absolute atomic E-state index is 13.4. The Morgan fingerprint density at radius 2 is 1.89 bits per heavy atom. The lowest BCUT2D eigenvalue weighted by Crippen LogP contribution is -2.39. The average Bonchev–Trinajstić information content (AvgIpc) is 3.14. The first-order valence-electron chi connectivity index (χ1n) is 12.7. The van der Waals surface area contributed by atoms with Crippen molar-refractivity contribution in [2.45, 2.75) is 59.5 Å². The fraction of sp³-hybridized carbons (Fsp3) is 0.429. The largest absolute Gasteiger partial charge is 0.357 e. The van der Waals surface area contributed by atoms with Gasteiger partial charge in [0, 0.05) is 25.2 Å². The Morgan fingerprint density at radius 3 is 2.51 bits per heavy atom. The molecule has 2 aromatic rings. The number of carbonyl (C=O) groups is 1. The standard InChI is InChI=1S/C28H31FN4O2S2/c1-4-5-12-32-25(31-13-10-18(2)11-14-31)22(19(3)23(16-30)26(32)34)15-24-27(35)33(28(36)37-24)17-20-6-8-21(29)9-7-20/h6-9,15,18H,4-5,10-14,17H2,1-3H3/b24-15+. The van der Waals surface area contributed by atoms with Crippen LogP contribution in [0.1, 0.15) is 61.8 Å². The average molecular weight is 539 g/mol. The van der Waals surface area contributed by atoms with Crippen LogP contribution in [0.25, 0.3) is 6.08 Å². The molecular weight excluding hydrogens is 507 g/mol. The molecule has 6 nitrogen and oxygen atoms in total. The normalized spacial score (nSPS) is 17.6. The zero-order valence-corrected chi connectivity index (χ0v) is 23.1. The number of nitriles is 1. The summed E-state index contributed by atoms with van der Waals surface area (Å²) in [5, 5.41) is 9.86. The molecule has 0 atom stereocenters. The molecule has 194 valence electrons. The Balaban J connectivity index is 1.80. The van der Waals surface area contributed by atoms with Crippen molar-refractivity contribution in [2.75, 3.05) is 18.0 Å². The molecule has 0 bridgehead atoms. The van der Waals surface area contributed by atoms with Gasteiger partial charge >= 0.3 is 0 Å². The summed E-state index contributed by atoms with van der Waals surface area (Å²) in [5.41, 5.74) is 1.92. The quantitative estimate of drug-likeness (QED) is 0.337. The van der Waals surface area contributed by atoms with Crippen LogP contribution in [0.15, 0.2) is 34.0 Å². The van der Waals surface area contributed by atoms with Crippen molar-refractivity contribution >= 4 is 46.1 Å². The summed E-state index contributed by atoms with van der Waals surface area (Å²) in [6.07, 6.45) is 5.55. The van der Waals surface area contributed by atoms with E-state index in [1.54, 1.807) is 29.7 Å². The van der Waals surface area contributed by atoms with E-state index in [-0.39, 0.29) is 29.4 Å². The van der Waals surface area contributed by atoms with E-state index in [2.05, 4.69) is 24.8 Å². The maximum atomic E-state index is 13.4. The molecule has 2 aliphatic heterocycles. The number of rotatable bonds is 7. The van der Waals surface area contributed by atoms with Gasteiger partial charge in [0.15, 0.2) is 0 Å². The van der Waals surface area contributed by atoms with Crippen LogP contribution in [0, 0.1) is 30.0 Å². The first kappa shape index (κ1) is 27.1. The first-order chi connectivity index (χ1) is 17.7. The minimum atomic E-state index is -0.337. The lowest BCUT2D eigenvalue weighted by molar-refractivity contribution is -0.122. The Morgan fingerprint density at radius 1 is 1.22 bits per heavy atom. The number of amides is 1. The van der Waals surface area contributed by atoms with Gasteiger partial charge in [-0.2, -0.15) is 5.26 Å². The van der Waals surface area contributed by atoms with Crippen molar-refractivity contribution in [3.05, 3.63) is 67.6 Å². The van der Waals surface area contributed by atoms with Gasteiger partial charge in [0.2, 0.25) is 0 Å². The van der Waals surface area contributed by atoms with Crippen molar-refractivity contribution in [3.63, 3.8) is 0 Å². The van der Waals surface area contributed by atoms with Gasteiger partial charge in [-0.25, -0.2) is 4.39 Å². The Bertz CT molecular complexity index is 1340. The van der Waals surface area contributed by atoms with E-state index in [9.17, 15) is 19.2 Å². The number of carbonyl (C=O) groups excluding carboxylic acids is 1. The van der Waals surface area contributed by atoms with Crippen molar-refractivity contribution < 1.29 is 9.18 Å². The molecule has 0 aliphatic carbocycles. The Kier molecular flexibility index (Phi) is 8.50. The van der Waals surface area contributed by atoms with E-state index in [1.165, 1.54) is 28.8 Å². The van der Waals surface area contributed by atoms with Crippen LogP contribution in [0.5, 0.6) is 0 Å². The van der Waals surface area contributed by atoms with E-state index < -0.39 is 0 Å². The molecule has 1 aromatic carbocycles. The topological polar surface area (TPSA) is 69.3 Å². The fourth-order valence-electron chi connectivity index (χ4n) is 4.77. The molecule has 9 heteroatoms. The smallest absolute Gasteiger partial charge is 0.270 e. The van der Waals surface area contributed by atoms with Crippen LogP contribution < -0.4 is 10.5 Å². The second kappa shape index (κ2) is 11.6. The number of unbranched alkanes of at least 4 members (excludes halogenated alkanes) is 1. The summed E-state index contributed by atoms with van der Waals surface area (Å²) >= 11 is 6.74. The van der Waals surface area contributed by atoms with E-state index in [0.717, 1.165) is 55.7 Å². The zero-order valence-electron chi connectivity index (χ0n) is 21.4. The highest BCUT2D eigenvalue weighted by Gasteiger charge is 2.33. The number of thiocarbonyl (C=S) groups is 1. The number of aromatic nitrogens is 1. The third kappa shape index (κ3) is 5.65.